The molecular weight excluding hydrogens is 79.1 g/mol. The molecule has 0 bridgehead atoms. The Kier molecular flexibility index (Phi) is 0.771. The van der Waals surface area contributed by atoms with E-state index in [0.29, 0.717) is 6.42 Å². The van der Waals surface area contributed by atoms with E-state index in [-0.39, 0.29) is 5.83 Å². The van der Waals surface area contributed by atoms with Crippen LogP contribution >= 0.6 is 0 Å². The van der Waals surface area contributed by atoms with Crippen LogP contribution in [0.5, 0.6) is 0 Å². The van der Waals surface area contributed by atoms with Gasteiger partial charge >= 0.3 is 0 Å². The van der Waals surface area contributed by atoms with Crippen molar-refractivity contribution in [1.29, 1.82) is 0 Å². The predicted octanol–water partition coefficient (Wildman–Crippen LogP) is 1.79. The maximum atomic E-state index is 11.7. The summed E-state index contributed by atoms with van der Waals surface area (Å²) in [6.07, 6.45) is 3.13. The number of allylic oxidation sites excluding steroid dienone is 1. The van der Waals surface area contributed by atoms with Gasteiger partial charge in [0.25, 0.3) is 0 Å². The second-order valence-corrected chi connectivity index (χ2v) is 1.29. The number of hydrogen-bond donors (Lipinski definition) is 0. The van der Waals surface area contributed by atoms with Crippen molar-refractivity contribution in [3.8, 4) is 0 Å². The summed E-state index contributed by atoms with van der Waals surface area (Å²) in [7, 11) is 0. The van der Waals surface area contributed by atoms with E-state index in [9.17, 15) is 4.39 Å². The van der Waals surface area contributed by atoms with Crippen LogP contribution in [-0.4, -0.2) is 0 Å². The highest BCUT2D eigenvalue weighted by atomic mass is 19.1. The van der Waals surface area contributed by atoms with Crippen molar-refractivity contribution in [2.75, 3.05) is 0 Å². The van der Waals surface area contributed by atoms with Crippen LogP contribution in [0.1, 0.15) is 12.8 Å². The molecule has 0 atom stereocenters. The Bertz CT molecular complexity index is 107. The first-order valence-electron chi connectivity index (χ1n) is 1.99. The minimum Gasteiger partial charge on any atom is -0.203 e. The summed E-state index contributed by atoms with van der Waals surface area (Å²) in [6.45, 7) is 0. The lowest BCUT2D eigenvalue weighted by atomic mass is 10.4. The first kappa shape index (κ1) is 3.63. The molecule has 0 nitrogen and oxygen atoms in total. The second-order valence-electron chi connectivity index (χ2n) is 1.29. The summed E-state index contributed by atoms with van der Waals surface area (Å²) in [4.78, 5) is 0. The standard InChI is InChI=1S/C5H5F/c6-5-3-1-2-4-5/h1H,2,4H2. The smallest absolute Gasteiger partial charge is 0.142 e. The Morgan fingerprint density at radius 3 is 2.83 bits per heavy atom. The molecule has 1 rings (SSSR count). The van der Waals surface area contributed by atoms with Crippen LogP contribution in [0.15, 0.2) is 17.6 Å². The van der Waals surface area contributed by atoms with Crippen molar-refractivity contribution in [2.45, 2.75) is 12.8 Å². The molecule has 0 saturated carbocycles. The van der Waals surface area contributed by atoms with Gasteiger partial charge in [-0.15, -0.1) is 0 Å². The van der Waals surface area contributed by atoms with Crippen LogP contribution in [0, 0.1) is 0 Å². The lowest BCUT2D eigenvalue weighted by Crippen LogP contribution is -1.58. The maximum Gasteiger partial charge on any atom is 0.142 e. The first-order chi connectivity index (χ1) is 2.89. The van der Waals surface area contributed by atoms with Gasteiger partial charge in [0.05, 0.1) is 0 Å². The van der Waals surface area contributed by atoms with Crippen molar-refractivity contribution < 1.29 is 4.39 Å². The summed E-state index contributed by atoms with van der Waals surface area (Å²) in [5.41, 5.74) is 2.44. The zero-order valence-corrected chi connectivity index (χ0v) is 3.37. The van der Waals surface area contributed by atoms with Crippen LogP contribution in [0.4, 0.5) is 4.39 Å². The third kappa shape index (κ3) is 0.498. The van der Waals surface area contributed by atoms with E-state index in [1.165, 1.54) is 0 Å². The van der Waals surface area contributed by atoms with Crippen LogP contribution in [0.2, 0.25) is 0 Å². The average molecular weight is 84.1 g/mol. The molecule has 0 spiro atoms. The van der Waals surface area contributed by atoms with Gasteiger partial charge in [-0.3, -0.25) is 0 Å². The topological polar surface area (TPSA) is 0 Å². The molecule has 32 valence electrons. The minimum atomic E-state index is -0.102. The van der Waals surface area contributed by atoms with E-state index in [1.54, 1.807) is 6.08 Å². The van der Waals surface area contributed by atoms with Gasteiger partial charge < -0.3 is 0 Å². The third-order valence-electron chi connectivity index (χ3n) is 0.767. The largest absolute Gasteiger partial charge is 0.203 e. The Balaban J connectivity index is 2.71. The second kappa shape index (κ2) is 1.27. The summed E-state index contributed by atoms with van der Waals surface area (Å²) in [6, 6.07) is 0. The summed E-state index contributed by atoms with van der Waals surface area (Å²) in [5.74, 6) is -0.102. The highest BCUT2D eigenvalue weighted by molar-refractivity contribution is 5.00. The van der Waals surface area contributed by atoms with Gasteiger partial charge in [0.15, 0.2) is 0 Å². The molecule has 0 aromatic carbocycles. The molecule has 0 saturated heterocycles. The highest BCUT2D eigenvalue weighted by Gasteiger charge is 1.93. The van der Waals surface area contributed by atoms with Gasteiger partial charge in [0.2, 0.25) is 0 Å². The quantitative estimate of drug-likeness (QED) is 0.392. The van der Waals surface area contributed by atoms with Gasteiger partial charge in [-0.05, 0) is 12.5 Å². The zero-order chi connectivity index (χ0) is 4.41. The Morgan fingerprint density at radius 2 is 2.67 bits per heavy atom. The van der Waals surface area contributed by atoms with Crippen LogP contribution in [-0.2, 0) is 0 Å². The molecule has 0 aliphatic heterocycles. The number of hydrogen-bond acceptors (Lipinski definition) is 0. The summed E-state index contributed by atoms with van der Waals surface area (Å²) in [5, 5.41) is 0. The van der Waals surface area contributed by atoms with E-state index in [4.69, 9.17) is 0 Å². The number of halogens is 1. The van der Waals surface area contributed by atoms with Gasteiger partial charge in [-0.2, -0.15) is 0 Å². The predicted molar refractivity (Wildman–Crippen MR) is 21.9 cm³/mol. The van der Waals surface area contributed by atoms with Gasteiger partial charge in [-0.25, -0.2) is 4.39 Å². The van der Waals surface area contributed by atoms with Gasteiger partial charge in [0, 0.05) is 6.42 Å². The van der Waals surface area contributed by atoms with Crippen molar-refractivity contribution in [3.05, 3.63) is 17.6 Å². The average Bonchev–Trinajstić information content (AvgIpc) is 1.86. The first-order valence-corrected chi connectivity index (χ1v) is 1.99. The molecular formula is C5H5F. The van der Waals surface area contributed by atoms with E-state index < -0.39 is 0 Å². The molecule has 0 aromatic heterocycles. The van der Waals surface area contributed by atoms with Gasteiger partial charge in [-0.1, -0.05) is 5.73 Å². The van der Waals surface area contributed by atoms with Crippen LogP contribution in [0.3, 0.4) is 0 Å². The van der Waals surface area contributed by atoms with Crippen molar-refractivity contribution in [1.82, 2.24) is 0 Å². The fourth-order valence-corrected chi connectivity index (χ4v) is 0.454. The lowest BCUT2D eigenvalue weighted by Gasteiger charge is -1.74. The molecule has 0 unspecified atom stereocenters. The normalized spacial score (nSPS) is 18.5. The van der Waals surface area contributed by atoms with Crippen molar-refractivity contribution >= 4 is 0 Å². The zero-order valence-electron chi connectivity index (χ0n) is 3.37. The Labute approximate surface area is 36.0 Å². The maximum absolute atomic E-state index is 11.7. The van der Waals surface area contributed by atoms with E-state index in [2.05, 4.69) is 5.73 Å². The molecule has 1 heteroatoms. The summed E-state index contributed by atoms with van der Waals surface area (Å²) >= 11 is 0. The van der Waals surface area contributed by atoms with E-state index >= 15 is 0 Å². The molecule has 0 heterocycles. The molecule has 0 N–H and O–H groups in total. The van der Waals surface area contributed by atoms with Crippen molar-refractivity contribution in [2.24, 2.45) is 0 Å². The molecule has 0 amide bonds. The molecule has 0 radical (unpaired) electrons. The molecule has 1 aliphatic carbocycles. The minimum absolute atomic E-state index is 0.102. The van der Waals surface area contributed by atoms with Crippen LogP contribution in [0.25, 0.3) is 0 Å². The monoisotopic (exact) mass is 84.0 g/mol. The number of rotatable bonds is 0. The summed E-state index contributed by atoms with van der Waals surface area (Å²) < 4.78 is 11.7. The molecule has 0 aromatic rings. The SMILES string of the molecule is FC1=C=CCC1. The highest BCUT2D eigenvalue weighted by Crippen LogP contribution is 2.10. The molecule has 1 aliphatic rings. The third-order valence-corrected chi connectivity index (χ3v) is 0.767. The fourth-order valence-electron chi connectivity index (χ4n) is 0.454. The fraction of sp³-hybridized carbons (Fsp3) is 0.400. The van der Waals surface area contributed by atoms with E-state index in [1.807, 2.05) is 0 Å². The van der Waals surface area contributed by atoms with Crippen LogP contribution < -0.4 is 0 Å². The Hall–Kier alpha value is -0.550. The van der Waals surface area contributed by atoms with Crippen molar-refractivity contribution in [3.63, 3.8) is 0 Å². The molecule has 6 heavy (non-hydrogen) atoms. The molecule has 0 fully saturated rings. The lowest BCUT2D eigenvalue weighted by molar-refractivity contribution is 0.605. The van der Waals surface area contributed by atoms with E-state index in [0.717, 1.165) is 6.42 Å². The van der Waals surface area contributed by atoms with Gasteiger partial charge in [0.1, 0.15) is 5.83 Å². The Morgan fingerprint density at radius 1 is 1.83 bits per heavy atom.